The summed E-state index contributed by atoms with van der Waals surface area (Å²) >= 11 is 0. The second-order valence-electron chi connectivity index (χ2n) is 8.48. The zero-order valence-electron chi connectivity index (χ0n) is 18.1. The van der Waals surface area contributed by atoms with Crippen molar-refractivity contribution in [3.05, 3.63) is 89.4 Å². The monoisotopic (exact) mass is 424 g/mol. The summed E-state index contributed by atoms with van der Waals surface area (Å²) in [7, 11) is 2.03. The Bertz CT molecular complexity index is 1520. The maximum atomic E-state index is 15.4. The Morgan fingerprint density at radius 2 is 1.69 bits per heavy atom. The number of rotatable bonds is 2. The SMILES string of the molecule is Cc1ccc2c(oc3c(-c4cccc5c4COCC5)c(F)ccc32)c1-c1cccc[n+]1C. The Kier molecular flexibility index (Phi) is 4.37. The molecule has 1 aliphatic heterocycles. The van der Waals surface area contributed by atoms with Gasteiger partial charge in [-0.2, -0.15) is 0 Å². The molecule has 0 saturated carbocycles. The Morgan fingerprint density at radius 3 is 2.53 bits per heavy atom. The van der Waals surface area contributed by atoms with E-state index in [-0.39, 0.29) is 5.82 Å². The van der Waals surface area contributed by atoms with Crippen LogP contribution < -0.4 is 4.57 Å². The van der Waals surface area contributed by atoms with Gasteiger partial charge in [0.2, 0.25) is 5.69 Å². The van der Waals surface area contributed by atoms with E-state index in [1.54, 1.807) is 6.07 Å². The van der Waals surface area contributed by atoms with Gasteiger partial charge in [0.1, 0.15) is 24.0 Å². The normalized spacial score (nSPS) is 13.6. The fourth-order valence-electron chi connectivity index (χ4n) is 4.96. The summed E-state index contributed by atoms with van der Waals surface area (Å²) in [5.74, 6) is -0.279. The molecule has 5 aromatic rings. The van der Waals surface area contributed by atoms with E-state index >= 15 is 4.39 Å². The van der Waals surface area contributed by atoms with E-state index in [0.717, 1.165) is 50.7 Å². The summed E-state index contributed by atoms with van der Waals surface area (Å²) in [6.07, 6.45) is 2.87. The highest BCUT2D eigenvalue weighted by Crippen LogP contribution is 2.43. The fourth-order valence-corrected chi connectivity index (χ4v) is 4.96. The van der Waals surface area contributed by atoms with Crippen LogP contribution in [0.4, 0.5) is 4.39 Å². The molecule has 0 atom stereocenters. The molecule has 158 valence electrons. The highest BCUT2D eigenvalue weighted by Gasteiger charge is 2.24. The minimum absolute atomic E-state index is 0.279. The van der Waals surface area contributed by atoms with Gasteiger partial charge in [0.05, 0.1) is 24.3 Å². The van der Waals surface area contributed by atoms with Crippen LogP contribution in [0.3, 0.4) is 0 Å². The lowest BCUT2D eigenvalue weighted by molar-refractivity contribution is -0.660. The third-order valence-electron chi connectivity index (χ3n) is 6.58. The summed E-state index contributed by atoms with van der Waals surface area (Å²) in [5.41, 5.74) is 8.22. The van der Waals surface area contributed by atoms with Crippen LogP contribution in [-0.2, 0) is 24.8 Å². The summed E-state index contributed by atoms with van der Waals surface area (Å²) in [5, 5.41) is 1.91. The molecule has 0 aliphatic carbocycles. The number of halogens is 1. The molecule has 6 rings (SSSR count). The molecule has 0 fully saturated rings. The predicted molar refractivity (Wildman–Crippen MR) is 124 cm³/mol. The first-order valence-corrected chi connectivity index (χ1v) is 10.9. The van der Waals surface area contributed by atoms with Gasteiger partial charge < -0.3 is 9.15 Å². The number of furan rings is 1. The number of nitrogens with zero attached hydrogens (tertiary/aromatic N) is 1. The van der Waals surface area contributed by atoms with Crippen molar-refractivity contribution in [2.45, 2.75) is 20.0 Å². The largest absolute Gasteiger partial charge is 0.454 e. The number of pyridine rings is 1. The Hall–Kier alpha value is -3.50. The van der Waals surface area contributed by atoms with Crippen molar-refractivity contribution in [3.8, 4) is 22.4 Å². The van der Waals surface area contributed by atoms with Gasteiger partial charge in [0, 0.05) is 22.9 Å². The van der Waals surface area contributed by atoms with Crippen molar-refractivity contribution in [1.29, 1.82) is 0 Å². The summed E-state index contributed by atoms with van der Waals surface area (Å²) < 4.78 is 29.7. The van der Waals surface area contributed by atoms with Gasteiger partial charge >= 0.3 is 0 Å². The molecule has 3 aromatic carbocycles. The van der Waals surface area contributed by atoms with Crippen LogP contribution in [0.1, 0.15) is 16.7 Å². The van der Waals surface area contributed by atoms with Crippen molar-refractivity contribution in [2.24, 2.45) is 7.05 Å². The van der Waals surface area contributed by atoms with Crippen molar-refractivity contribution in [3.63, 3.8) is 0 Å². The molecule has 32 heavy (non-hydrogen) atoms. The van der Waals surface area contributed by atoms with E-state index in [0.29, 0.717) is 24.4 Å². The lowest BCUT2D eigenvalue weighted by Gasteiger charge is -2.20. The third kappa shape index (κ3) is 2.80. The second kappa shape index (κ2) is 7.28. The number of ether oxygens (including phenoxy) is 1. The third-order valence-corrected chi connectivity index (χ3v) is 6.58. The highest BCUT2D eigenvalue weighted by molar-refractivity contribution is 6.13. The topological polar surface area (TPSA) is 26.2 Å². The van der Waals surface area contributed by atoms with Crippen LogP contribution in [-0.4, -0.2) is 6.61 Å². The first-order chi connectivity index (χ1) is 15.6. The minimum atomic E-state index is -0.279. The number of aryl methyl sites for hydroxylation is 2. The highest BCUT2D eigenvalue weighted by atomic mass is 19.1. The molecule has 0 unspecified atom stereocenters. The van der Waals surface area contributed by atoms with Crippen LogP contribution in [0.15, 0.2) is 71.3 Å². The van der Waals surface area contributed by atoms with Crippen LogP contribution in [0.5, 0.6) is 0 Å². The Morgan fingerprint density at radius 1 is 0.875 bits per heavy atom. The van der Waals surface area contributed by atoms with Crippen LogP contribution >= 0.6 is 0 Å². The van der Waals surface area contributed by atoms with Crippen molar-refractivity contribution < 1.29 is 18.1 Å². The quantitative estimate of drug-likeness (QED) is 0.313. The van der Waals surface area contributed by atoms with E-state index in [1.165, 1.54) is 5.56 Å². The molecule has 0 spiro atoms. The van der Waals surface area contributed by atoms with Gasteiger partial charge in [0.25, 0.3) is 0 Å². The lowest BCUT2D eigenvalue weighted by atomic mass is 9.92. The number of fused-ring (bicyclic) bond motifs is 4. The zero-order chi connectivity index (χ0) is 21.8. The molecule has 0 amide bonds. The van der Waals surface area contributed by atoms with Crippen molar-refractivity contribution in [2.75, 3.05) is 6.61 Å². The van der Waals surface area contributed by atoms with E-state index in [1.807, 2.05) is 43.6 Å². The van der Waals surface area contributed by atoms with Crippen LogP contribution in [0.25, 0.3) is 44.3 Å². The molecule has 3 heterocycles. The van der Waals surface area contributed by atoms with Crippen LogP contribution in [0, 0.1) is 12.7 Å². The van der Waals surface area contributed by atoms with Crippen molar-refractivity contribution >= 4 is 21.9 Å². The first kappa shape index (κ1) is 19.2. The molecule has 2 aromatic heterocycles. The van der Waals surface area contributed by atoms with E-state index in [9.17, 15) is 0 Å². The first-order valence-electron chi connectivity index (χ1n) is 10.9. The molecule has 3 nitrogen and oxygen atoms in total. The smallest absolute Gasteiger partial charge is 0.216 e. The Balaban J connectivity index is 1.71. The average molecular weight is 424 g/mol. The molecule has 4 heteroatoms. The van der Waals surface area contributed by atoms with Gasteiger partial charge in [-0.05, 0) is 53.8 Å². The minimum Gasteiger partial charge on any atom is -0.454 e. The molecule has 0 bridgehead atoms. The lowest BCUT2D eigenvalue weighted by Crippen LogP contribution is -2.30. The van der Waals surface area contributed by atoms with E-state index in [4.69, 9.17) is 9.15 Å². The number of hydrogen-bond acceptors (Lipinski definition) is 2. The molecular formula is C28H23FNO2+. The van der Waals surface area contributed by atoms with Gasteiger partial charge in [-0.15, -0.1) is 0 Å². The van der Waals surface area contributed by atoms with Gasteiger partial charge in [-0.1, -0.05) is 30.3 Å². The predicted octanol–water partition coefficient (Wildman–Crippen LogP) is 6.26. The van der Waals surface area contributed by atoms with Gasteiger partial charge in [0.15, 0.2) is 6.20 Å². The molecule has 0 saturated heterocycles. The number of hydrogen-bond donors (Lipinski definition) is 0. The maximum absolute atomic E-state index is 15.4. The summed E-state index contributed by atoms with van der Waals surface area (Å²) in [6.45, 7) is 3.28. The Labute approximate surface area is 185 Å². The zero-order valence-corrected chi connectivity index (χ0v) is 18.1. The van der Waals surface area contributed by atoms with E-state index in [2.05, 4.69) is 35.8 Å². The van der Waals surface area contributed by atoms with Crippen LogP contribution in [0.2, 0.25) is 0 Å². The molecular weight excluding hydrogens is 401 g/mol. The van der Waals surface area contributed by atoms with Gasteiger partial charge in [-0.3, -0.25) is 0 Å². The maximum Gasteiger partial charge on any atom is 0.216 e. The second-order valence-corrected chi connectivity index (χ2v) is 8.48. The summed E-state index contributed by atoms with van der Waals surface area (Å²) in [4.78, 5) is 0. The van der Waals surface area contributed by atoms with E-state index < -0.39 is 0 Å². The standard InChI is InChI=1S/C28H23FNO2/c1-17-9-10-20-21-11-12-23(29)26(19-7-5-6-18-13-15-31-16-22(18)19)28(21)32-27(20)25(17)24-8-3-4-14-30(24)2/h3-12,14H,13,15-16H2,1-2H3/q+1. The number of benzene rings is 3. The number of aromatic nitrogens is 1. The molecule has 0 radical (unpaired) electrons. The summed E-state index contributed by atoms with van der Waals surface area (Å²) in [6, 6.07) is 19.8. The van der Waals surface area contributed by atoms with Gasteiger partial charge in [-0.25, -0.2) is 8.96 Å². The fraction of sp³-hybridized carbons (Fsp3) is 0.179. The average Bonchev–Trinajstić information content (AvgIpc) is 3.18. The molecule has 0 N–H and O–H groups in total. The molecule has 1 aliphatic rings. The van der Waals surface area contributed by atoms with Crippen molar-refractivity contribution in [1.82, 2.24) is 0 Å².